The third-order valence-corrected chi connectivity index (χ3v) is 4.17. The van der Waals surface area contributed by atoms with Crippen LogP contribution >= 0.6 is 0 Å². The van der Waals surface area contributed by atoms with Crippen molar-refractivity contribution < 1.29 is 4.92 Å². The van der Waals surface area contributed by atoms with Gasteiger partial charge in [0, 0.05) is 18.7 Å². The number of piperidine rings is 1. The Morgan fingerprint density at radius 2 is 2.05 bits per heavy atom. The lowest BCUT2D eigenvalue weighted by Gasteiger charge is -2.34. The SMILES string of the molecule is Cc1ccc(N(CC2CCNCC2)C(C)C)c([N+](=O)[O-])c1. The minimum atomic E-state index is -0.264. The maximum atomic E-state index is 11.4. The van der Waals surface area contributed by atoms with Gasteiger partial charge in [0.25, 0.3) is 5.69 Å². The molecule has 116 valence electrons. The Labute approximate surface area is 126 Å². The van der Waals surface area contributed by atoms with Gasteiger partial charge in [0.15, 0.2) is 0 Å². The minimum Gasteiger partial charge on any atom is -0.363 e. The molecule has 1 aromatic rings. The Hall–Kier alpha value is -1.62. The summed E-state index contributed by atoms with van der Waals surface area (Å²) in [6.07, 6.45) is 2.28. The first-order chi connectivity index (χ1) is 9.99. The summed E-state index contributed by atoms with van der Waals surface area (Å²) < 4.78 is 0. The lowest BCUT2D eigenvalue weighted by Crippen LogP contribution is -2.39. The third kappa shape index (κ3) is 3.94. The highest BCUT2D eigenvalue weighted by atomic mass is 16.6. The van der Waals surface area contributed by atoms with Crippen molar-refractivity contribution in [1.29, 1.82) is 0 Å². The van der Waals surface area contributed by atoms with Crippen molar-refractivity contribution >= 4 is 11.4 Å². The van der Waals surface area contributed by atoms with Crippen LogP contribution in [0.2, 0.25) is 0 Å². The second kappa shape index (κ2) is 6.89. The zero-order valence-corrected chi connectivity index (χ0v) is 13.1. The number of nitrogens with one attached hydrogen (secondary N) is 1. The molecule has 2 rings (SSSR count). The van der Waals surface area contributed by atoms with Crippen LogP contribution in [-0.2, 0) is 0 Å². The average Bonchev–Trinajstić information content (AvgIpc) is 2.46. The fraction of sp³-hybridized carbons (Fsp3) is 0.625. The lowest BCUT2D eigenvalue weighted by molar-refractivity contribution is -0.384. The third-order valence-electron chi connectivity index (χ3n) is 4.17. The summed E-state index contributed by atoms with van der Waals surface area (Å²) in [5.41, 5.74) is 1.90. The number of benzene rings is 1. The van der Waals surface area contributed by atoms with Crippen LogP contribution < -0.4 is 10.2 Å². The number of hydrogen-bond donors (Lipinski definition) is 1. The standard InChI is InChI=1S/C16H25N3O2/c1-12(2)18(11-14-6-8-17-9-7-14)15-5-4-13(3)10-16(15)19(20)21/h4-5,10,12,14,17H,6-9,11H2,1-3H3. The molecule has 0 spiro atoms. The average molecular weight is 291 g/mol. The van der Waals surface area contributed by atoms with E-state index < -0.39 is 0 Å². The fourth-order valence-corrected chi connectivity index (χ4v) is 2.95. The van der Waals surface area contributed by atoms with E-state index >= 15 is 0 Å². The molecule has 0 saturated carbocycles. The van der Waals surface area contributed by atoms with Gasteiger partial charge < -0.3 is 10.2 Å². The van der Waals surface area contributed by atoms with E-state index in [0.29, 0.717) is 5.92 Å². The van der Waals surface area contributed by atoms with E-state index in [2.05, 4.69) is 24.1 Å². The summed E-state index contributed by atoms with van der Waals surface area (Å²) in [5, 5.41) is 14.7. The molecule has 0 amide bonds. The van der Waals surface area contributed by atoms with Gasteiger partial charge in [-0.1, -0.05) is 6.07 Å². The normalized spacial score (nSPS) is 16.2. The molecular formula is C16H25N3O2. The van der Waals surface area contributed by atoms with Gasteiger partial charge in [-0.25, -0.2) is 0 Å². The number of aryl methyl sites for hydroxylation is 1. The van der Waals surface area contributed by atoms with Gasteiger partial charge in [0.1, 0.15) is 5.69 Å². The Kier molecular flexibility index (Phi) is 5.17. The van der Waals surface area contributed by atoms with Gasteiger partial charge in [0.05, 0.1) is 4.92 Å². The van der Waals surface area contributed by atoms with Crippen LogP contribution in [0.3, 0.4) is 0 Å². The van der Waals surface area contributed by atoms with E-state index in [9.17, 15) is 10.1 Å². The van der Waals surface area contributed by atoms with Crippen molar-refractivity contribution in [1.82, 2.24) is 5.32 Å². The molecule has 1 fully saturated rings. The monoisotopic (exact) mass is 291 g/mol. The second-order valence-corrected chi connectivity index (χ2v) is 6.19. The van der Waals surface area contributed by atoms with Crippen molar-refractivity contribution in [3.63, 3.8) is 0 Å². The van der Waals surface area contributed by atoms with Crippen LogP contribution in [0, 0.1) is 23.0 Å². The van der Waals surface area contributed by atoms with Crippen LogP contribution in [-0.4, -0.2) is 30.6 Å². The van der Waals surface area contributed by atoms with Gasteiger partial charge in [-0.2, -0.15) is 0 Å². The molecule has 0 aliphatic carbocycles. The highest BCUT2D eigenvalue weighted by Crippen LogP contribution is 2.32. The maximum absolute atomic E-state index is 11.4. The predicted octanol–water partition coefficient (Wildman–Crippen LogP) is 3.12. The molecule has 0 radical (unpaired) electrons. The Balaban J connectivity index is 2.27. The molecule has 1 N–H and O–H groups in total. The minimum absolute atomic E-state index is 0.220. The maximum Gasteiger partial charge on any atom is 0.292 e. The number of nitro benzene ring substituents is 1. The molecular weight excluding hydrogens is 266 g/mol. The molecule has 0 aromatic heterocycles. The van der Waals surface area contributed by atoms with Crippen LogP contribution in [0.5, 0.6) is 0 Å². The highest BCUT2D eigenvalue weighted by Gasteiger charge is 2.25. The molecule has 5 nitrogen and oxygen atoms in total. The van der Waals surface area contributed by atoms with Gasteiger partial charge in [-0.05, 0) is 64.3 Å². The molecule has 0 atom stereocenters. The van der Waals surface area contributed by atoms with Crippen molar-refractivity contribution in [2.75, 3.05) is 24.5 Å². The van der Waals surface area contributed by atoms with Gasteiger partial charge in [-0.15, -0.1) is 0 Å². The Morgan fingerprint density at radius 1 is 1.38 bits per heavy atom. The van der Waals surface area contributed by atoms with E-state index in [-0.39, 0.29) is 16.7 Å². The summed E-state index contributed by atoms with van der Waals surface area (Å²) in [7, 11) is 0. The van der Waals surface area contributed by atoms with E-state index in [4.69, 9.17) is 0 Å². The molecule has 0 bridgehead atoms. The summed E-state index contributed by atoms with van der Waals surface area (Å²) in [5.74, 6) is 0.606. The van der Waals surface area contributed by atoms with Gasteiger partial charge in [-0.3, -0.25) is 10.1 Å². The zero-order chi connectivity index (χ0) is 15.4. The number of nitrogens with zero attached hydrogens (tertiary/aromatic N) is 2. The molecule has 1 aromatic carbocycles. The van der Waals surface area contributed by atoms with E-state index in [1.165, 1.54) is 0 Å². The second-order valence-electron chi connectivity index (χ2n) is 6.19. The first kappa shape index (κ1) is 15.8. The molecule has 1 aliphatic rings. The van der Waals surface area contributed by atoms with E-state index in [0.717, 1.165) is 43.7 Å². The number of rotatable bonds is 5. The molecule has 1 heterocycles. The van der Waals surface area contributed by atoms with Crippen molar-refractivity contribution in [3.8, 4) is 0 Å². The molecule has 5 heteroatoms. The van der Waals surface area contributed by atoms with Crippen LogP contribution in [0.15, 0.2) is 18.2 Å². The first-order valence-corrected chi connectivity index (χ1v) is 7.71. The summed E-state index contributed by atoms with van der Waals surface area (Å²) in [4.78, 5) is 13.3. The van der Waals surface area contributed by atoms with Crippen molar-refractivity contribution in [2.24, 2.45) is 5.92 Å². The van der Waals surface area contributed by atoms with Crippen molar-refractivity contribution in [3.05, 3.63) is 33.9 Å². The smallest absolute Gasteiger partial charge is 0.292 e. The molecule has 1 saturated heterocycles. The lowest BCUT2D eigenvalue weighted by atomic mass is 9.96. The summed E-state index contributed by atoms with van der Waals surface area (Å²) >= 11 is 0. The quantitative estimate of drug-likeness (QED) is 0.669. The van der Waals surface area contributed by atoms with Crippen LogP contribution in [0.25, 0.3) is 0 Å². The van der Waals surface area contributed by atoms with Crippen molar-refractivity contribution in [2.45, 2.75) is 39.7 Å². The number of hydrogen-bond acceptors (Lipinski definition) is 4. The van der Waals surface area contributed by atoms with E-state index in [1.807, 2.05) is 19.1 Å². The summed E-state index contributed by atoms with van der Waals surface area (Å²) in [6.45, 7) is 9.08. The Morgan fingerprint density at radius 3 is 2.62 bits per heavy atom. The highest BCUT2D eigenvalue weighted by molar-refractivity contribution is 5.64. The first-order valence-electron chi connectivity index (χ1n) is 7.71. The van der Waals surface area contributed by atoms with Crippen LogP contribution in [0.1, 0.15) is 32.3 Å². The molecule has 21 heavy (non-hydrogen) atoms. The largest absolute Gasteiger partial charge is 0.363 e. The number of anilines is 1. The molecule has 1 aliphatic heterocycles. The van der Waals surface area contributed by atoms with Crippen LogP contribution in [0.4, 0.5) is 11.4 Å². The topological polar surface area (TPSA) is 58.4 Å². The molecule has 0 unspecified atom stereocenters. The number of nitro groups is 1. The van der Waals surface area contributed by atoms with Gasteiger partial charge >= 0.3 is 0 Å². The summed E-state index contributed by atoms with van der Waals surface area (Å²) in [6, 6.07) is 5.78. The zero-order valence-electron chi connectivity index (χ0n) is 13.1. The van der Waals surface area contributed by atoms with E-state index in [1.54, 1.807) is 6.07 Å². The van der Waals surface area contributed by atoms with Gasteiger partial charge in [0.2, 0.25) is 0 Å². The predicted molar refractivity (Wildman–Crippen MR) is 85.9 cm³/mol. The fourth-order valence-electron chi connectivity index (χ4n) is 2.95. The Bertz CT molecular complexity index is 496.